The van der Waals surface area contributed by atoms with Gasteiger partial charge in [0.15, 0.2) is 0 Å². The number of ether oxygens (including phenoxy) is 1. The van der Waals surface area contributed by atoms with Crippen LogP contribution in [0.15, 0.2) is 0 Å². The average molecular weight is 154 g/mol. The molecular weight excluding hydrogens is 144 g/mol. The Morgan fingerprint density at radius 3 is 2.91 bits per heavy atom. The fourth-order valence-electron chi connectivity index (χ4n) is 0.668. The number of hydrogen-bond acceptors (Lipinski definition) is 4. The summed E-state index contributed by atoms with van der Waals surface area (Å²) >= 11 is 0. The van der Waals surface area contributed by atoms with E-state index in [0.717, 1.165) is 13.1 Å². The number of rotatable bonds is 4. The summed E-state index contributed by atoms with van der Waals surface area (Å²) in [5.74, 6) is -0.224. The van der Waals surface area contributed by atoms with E-state index in [1.807, 2.05) is 11.0 Å². The maximum Gasteiger partial charge on any atom is 0.320 e. The third-order valence-electron chi connectivity index (χ3n) is 1.37. The van der Waals surface area contributed by atoms with Crippen LogP contribution < -0.4 is 0 Å². The van der Waals surface area contributed by atoms with Crippen LogP contribution in [0.25, 0.3) is 0 Å². The number of hydrogen-bond donors (Lipinski definition) is 0. The lowest BCUT2D eigenvalue weighted by Gasteiger charge is -2.00. The van der Waals surface area contributed by atoms with Crippen molar-refractivity contribution >= 4 is 5.97 Å². The van der Waals surface area contributed by atoms with Crippen LogP contribution in [0.5, 0.6) is 0 Å². The zero-order valence-electron chi connectivity index (χ0n) is 6.25. The molecule has 0 aromatic rings. The second-order valence-corrected chi connectivity index (χ2v) is 2.40. The molecule has 0 saturated carbocycles. The fourth-order valence-corrected chi connectivity index (χ4v) is 0.668. The van der Waals surface area contributed by atoms with E-state index in [1.165, 1.54) is 0 Å². The molecule has 60 valence electrons. The van der Waals surface area contributed by atoms with Gasteiger partial charge in [-0.25, -0.2) is 0 Å². The molecule has 1 heterocycles. The van der Waals surface area contributed by atoms with E-state index in [4.69, 9.17) is 10.00 Å². The van der Waals surface area contributed by atoms with Gasteiger partial charge in [-0.1, -0.05) is 0 Å². The molecule has 0 radical (unpaired) electrons. The minimum Gasteiger partial charge on any atom is -0.464 e. The van der Waals surface area contributed by atoms with E-state index >= 15 is 0 Å². The quantitative estimate of drug-likeness (QED) is 0.318. The van der Waals surface area contributed by atoms with Crippen molar-refractivity contribution in [2.24, 2.45) is 0 Å². The number of nitrogens with zero attached hydrogens (tertiary/aromatic N) is 2. The lowest BCUT2D eigenvalue weighted by molar-refractivity contribution is -0.143. The summed E-state index contributed by atoms with van der Waals surface area (Å²) in [6, 6.07) is 1.90. The van der Waals surface area contributed by atoms with Crippen LogP contribution in [0.1, 0.15) is 6.42 Å². The van der Waals surface area contributed by atoms with Crippen molar-refractivity contribution in [1.29, 1.82) is 5.26 Å². The topological polar surface area (TPSA) is 53.1 Å². The molecule has 1 saturated heterocycles. The van der Waals surface area contributed by atoms with E-state index in [2.05, 4.69) is 0 Å². The van der Waals surface area contributed by atoms with Crippen LogP contribution in [0, 0.1) is 11.3 Å². The molecule has 0 N–H and O–H groups in total. The fraction of sp³-hybridized carbons (Fsp3) is 0.714. The molecule has 4 nitrogen and oxygen atoms in total. The molecule has 1 aliphatic rings. The molecule has 0 aromatic heterocycles. The predicted octanol–water partition coefficient (Wildman–Crippen LogP) is -0.241. The van der Waals surface area contributed by atoms with Crippen LogP contribution in [-0.2, 0) is 9.53 Å². The lowest BCUT2D eigenvalue weighted by Crippen LogP contribution is -2.16. The molecule has 11 heavy (non-hydrogen) atoms. The first-order chi connectivity index (χ1) is 5.33. The second-order valence-electron chi connectivity index (χ2n) is 2.40. The zero-order valence-corrected chi connectivity index (χ0v) is 6.25. The van der Waals surface area contributed by atoms with E-state index < -0.39 is 0 Å². The Bertz CT molecular complexity index is 181. The Labute approximate surface area is 65.4 Å². The van der Waals surface area contributed by atoms with Crippen LogP contribution in [0.3, 0.4) is 0 Å². The molecule has 0 unspecified atom stereocenters. The molecular formula is C7H10N2O2. The van der Waals surface area contributed by atoms with Crippen LogP contribution in [0.2, 0.25) is 0 Å². The highest BCUT2D eigenvalue weighted by Crippen LogP contribution is 2.01. The van der Waals surface area contributed by atoms with Gasteiger partial charge in [-0.2, -0.15) is 5.26 Å². The smallest absolute Gasteiger partial charge is 0.320 e. The van der Waals surface area contributed by atoms with Gasteiger partial charge in [0.1, 0.15) is 6.61 Å². The molecule has 0 spiro atoms. The monoisotopic (exact) mass is 154 g/mol. The van der Waals surface area contributed by atoms with Crippen molar-refractivity contribution in [3.63, 3.8) is 0 Å². The third kappa shape index (κ3) is 3.58. The molecule has 0 amide bonds. The summed E-state index contributed by atoms with van der Waals surface area (Å²) in [7, 11) is 0. The molecule has 0 aromatic carbocycles. The van der Waals surface area contributed by atoms with Crippen molar-refractivity contribution < 1.29 is 9.53 Å². The van der Waals surface area contributed by atoms with Crippen molar-refractivity contribution in [2.45, 2.75) is 6.42 Å². The van der Waals surface area contributed by atoms with Gasteiger partial charge in [-0.05, 0) is 0 Å². The zero-order chi connectivity index (χ0) is 8.10. The predicted molar refractivity (Wildman–Crippen MR) is 37.6 cm³/mol. The standard InChI is InChI=1S/C7H10N2O2/c8-2-1-5-11-7(10)6-9-3-4-9/h1,3-6H2. The molecule has 1 aliphatic heterocycles. The summed E-state index contributed by atoms with van der Waals surface area (Å²) in [6.45, 7) is 2.59. The van der Waals surface area contributed by atoms with Crippen molar-refractivity contribution in [3.8, 4) is 6.07 Å². The first-order valence-electron chi connectivity index (χ1n) is 3.58. The maximum absolute atomic E-state index is 10.8. The number of carbonyl (C=O) groups is 1. The van der Waals surface area contributed by atoms with Gasteiger partial charge in [-0.3, -0.25) is 9.69 Å². The van der Waals surface area contributed by atoms with Gasteiger partial charge in [0.25, 0.3) is 0 Å². The van der Waals surface area contributed by atoms with Crippen LogP contribution in [-0.4, -0.2) is 37.1 Å². The molecule has 1 fully saturated rings. The Kier molecular flexibility index (Phi) is 2.87. The van der Waals surface area contributed by atoms with Crippen LogP contribution >= 0.6 is 0 Å². The minimum atomic E-state index is -0.224. The first kappa shape index (κ1) is 8.02. The Balaban J connectivity index is 1.97. The average Bonchev–Trinajstić information content (AvgIpc) is 2.72. The van der Waals surface area contributed by atoms with Gasteiger partial charge in [-0.15, -0.1) is 0 Å². The van der Waals surface area contributed by atoms with Crippen molar-refractivity contribution in [2.75, 3.05) is 26.2 Å². The Morgan fingerprint density at radius 2 is 2.36 bits per heavy atom. The maximum atomic E-state index is 10.8. The van der Waals surface area contributed by atoms with Crippen molar-refractivity contribution in [1.82, 2.24) is 4.90 Å². The van der Waals surface area contributed by atoms with Crippen LogP contribution in [0.4, 0.5) is 0 Å². The number of esters is 1. The first-order valence-corrected chi connectivity index (χ1v) is 3.58. The summed E-state index contributed by atoms with van der Waals surface area (Å²) in [6.07, 6.45) is 0.283. The Hall–Kier alpha value is -1.08. The van der Waals surface area contributed by atoms with Gasteiger partial charge >= 0.3 is 5.97 Å². The van der Waals surface area contributed by atoms with Gasteiger partial charge in [0.2, 0.25) is 0 Å². The SMILES string of the molecule is N#CCCOC(=O)CN1CC1. The highest BCUT2D eigenvalue weighted by molar-refractivity contribution is 5.71. The van der Waals surface area contributed by atoms with E-state index in [1.54, 1.807) is 0 Å². The number of nitriles is 1. The molecule has 4 heteroatoms. The molecule has 0 bridgehead atoms. The summed E-state index contributed by atoms with van der Waals surface area (Å²) < 4.78 is 4.73. The highest BCUT2D eigenvalue weighted by atomic mass is 16.5. The van der Waals surface area contributed by atoms with E-state index in [9.17, 15) is 4.79 Å². The summed E-state index contributed by atoms with van der Waals surface area (Å²) in [5.41, 5.74) is 0. The molecule has 0 aliphatic carbocycles. The largest absolute Gasteiger partial charge is 0.464 e. The normalized spacial score (nSPS) is 15.5. The van der Waals surface area contributed by atoms with E-state index in [0.29, 0.717) is 6.54 Å². The van der Waals surface area contributed by atoms with Gasteiger partial charge in [0.05, 0.1) is 19.0 Å². The van der Waals surface area contributed by atoms with Gasteiger partial charge < -0.3 is 4.74 Å². The third-order valence-corrected chi connectivity index (χ3v) is 1.37. The molecule has 1 rings (SSSR count). The minimum absolute atomic E-state index is 0.224. The summed E-state index contributed by atoms with van der Waals surface area (Å²) in [4.78, 5) is 12.8. The molecule has 0 atom stereocenters. The lowest BCUT2D eigenvalue weighted by atomic mass is 10.5. The highest BCUT2D eigenvalue weighted by Gasteiger charge is 2.20. The van der Waals surface area contributed by atoms with Gasteiger partial charge in [0, 0.05) is 13.1 Å². The number of carbonyl (C=O) groups excluding carboxylic acids is 1. The van der Waals surface area contributed by atoms with E-state index in [-0.39, 0.29) is 19.0 Å². The van der Waals surface area contributed by atoms with Crippen molar-refractivity contribution in [3.05, 3.63) is 0 Å². The summed E-state index contributed by atoms with van der Waals surface area (Å²) in [5, 5.41) is 8.12. The second kappa shape index (κ2) is 3.94. The Morgan fingerprint density at radius 1 is 1.64 bits per heavy atom.